The van der Waals surface area contributed by atoms with E-state index in [1.54, 1.807) is 12.1 Å². The fourth-order valence-corrected chi connectivity index (χ4v) is 1.74. The van der Waals surface area contributed by atoms with Gasteiger partial charge in [-0.3, -0.25) is 4.79 Å². The normalized spacial score (nSPS) is 19.2. The van der Waals surface area contributed by atoms with Crippen molar-refractivity contribution in [1.29, 1.82) is 0 Å². The highest BCUT2D eigenvalue weighted by Crippen LogP contribution is 2.28. The molecule has 0 bridgehead atoms. The Labute approximate surface area is 103 Å². The Hall–Kier alpha value is -1.69. The minimum atomic E-state index is -2.87. The number of halogens is 2. The van der Waals surface area contributed by atoms with E-state index in [1.807, 2.05) is 12.1 Å². The van der Waals surface area contributed by atoms with E-state index in [9.17, 15) is 13.6 Å². The van der Waals surface area contributed by atoms with Crippen LogP contribution in [0.4, 0.5) is 8.78 Å². The predicted octanol–water partition coefficient (Wildman–Crippen LogP) is 0.732. The number of nitrogens with one attached hydrogen (secondary N) is 1. The van der Waals surface area contributed by atoms with E-state index in [-0.39, 0.29) is 0 Å². The summed E-state index contributed by atoms with van der Waals surface area (Å²) in [5.41, 5.74) is 0.909. The van der Waals surface area contributed by atoms with Gasteiger partial charge in [0.1, 0.15) is 11.9 Å². The van der Waals surface area contributed by atoms with Gasteiger partial charge in [0, 0.05) is 13.0 Å². The molecule has 0 saturated heterocycles. The van der Waals surface area contributed by atoms with E-state index in [1.165, 1.54) is 0 Å². The lowest BCUT2D eigenvalue weighted by Crippen LogP contribution is -2.42. The summed E-state index contributed by atoms with van der Waals surface area (Å²) in [5, 5.41) is 11.1. The number of ether oxygens (including phenoxy) is 1. The Morgan fingerprint density at radius 1 is 1.50 bits per heavy atom. The van der Waals surface area contributed by atoms with Crippen molar-refractivity contribution in [2.45, 2.75) is 25.1 Å². The van der Waals surface area contributed by atoms with Gasteiger partial charge in [-0.15, -0.1) is 0 Å². The van der Waals surface area contributed by atoms with E-state index in [4.69, 9.17) is 9.84 Å². The molecule has 98 valence electrons. The van der Waals surface area contributed by atoms with Gasteiger partial charge in [0.25, 0.3) is 12.3 Å². The van der Waals surface area contributed by atoms with Crippen molar-refractivity contribution in [2.24, 2.45) is 0 Å². The van der Waals surface area contributed by atoms with Crippen molar-refractivity contribution in [1.82, 2.24) is 5.32 Å². The van der Waals surface area contributed by atoms with Crippen LogP contribution in [-0.4, -0.2) is 36.2 Å². The molecule has 0 fully saturated rings. The topological polar surface area (TPSA) is 58.6 Å². The molecule has 1 aromatic rings. The monoisotopic (exact) mass is 257 g/mol. The van der Waals surface area contributed by atoms with Crippen molar-refractivity contribution in [3.63, 3.8) is 0 Å². The minimum Gasteiger partial charge on any atom is -0.480 e. The van der Waals surface area contributed by atoms with Crippen molar-refractivity contribution in [2.75, 3.05) is 6.54 Å². The number of hydrogen-bond acceptors (Lipinski definition) is 3. The number of carbonyl (C=O) groups excluding carboxylic acids is 1. The molecule has 2 N–H and O–H groups in total. The van der Waals surface area contributed by atoms with Gasteiger partial charge >= 0.3 is 0 Å². The van der Waals surface area contributed by atoms with E-state index >= 15 is 0 Å². The van der Waals surface area contributed by atoms with Gasteiger partial charge in [-0.1, -0.05) is 18.2 Å². The predicted molar refractivity (Wildman–Crippen MR) is 59.6 cm³/mol. The van der Waals surface area contributed by atoms with Gasteiger partial charge in [-0.05, 0) is 11.6 Å². The first kappa shape index (κ1) is 12.8. The second-order valence-electron chi connectivity index (χ2n) is 4.07. The Bertz CT molecular complexity index is 414. The maximum Gasteiger partial charge on any atom is 0.265 e. The van der Waals surface area contributed by atoms with Crippen LogP contribution in [0.15, 0.2) is 24.3 Å². The molecule has 0 aliphatic carbocycles. The zero-order chi connectivity index (χ0) is 13.1. The number of amides is 1. The van der Waals surface area contributed by atoms with Crippen molar-refractivity contribution in [3.8, 4) is 5.75 Å². The van der Waals surface area contributed by atoms with Crippen LogP contribution in [0, 0.1) is 0 Å². The fourth-order valence-electron chi connectivity index (χ4n) is 1.74. The van der Waals surface area contributed by atoms with Gasteiger partial charge in [0.15, 0.2) is 6.10 Å². The molecular formula is C12H13F2NO3. The molecule has 1 aliphatic rings. The van der Waals surface area contributed by atoms with Gasteiger partial charge < -0.3 is 15.2 Å². The van der Waals surface area contributed by atoms with E-state index in [0.29, 0.717) is 12.2 Å². The summed E-state index contributed by atoms with van der Waals surface area (Å²) in [4.78, 5) is 11.6. The number of aliphatic hydroxyl groups is 1. The third-order valence-corrected chi connectivity index (χ3v) is 2.72. The second-order valence-corrected chi connectivity index (χ2v) is 4.07. The summed E-state index contributed by atoms with van der Waals surface area (Å²) in [6, 6.07) is 7.22. The molecule has 2 unspecified atom stereocenters. The molecule has 1 aromatic carbocycles. The standard InChI is InChI=1S/C12H13F2NO3/c13-11(14)8(16)6-15-12(17)10-5-7-3-1-2-4-9(7)18-10/h1-4,8,10-11,16H,5-6H2,(H,15,17). The number of alkyl halides is 2. The van der Waals surface area contributed by atoms with Crippen molar-refractivity contribution < 1.29 is 23.4 Å². The molecule has 0 spiro atoms. The van der Waals surface area contributed by atoms with Gasteiger partial charge in [0.05, 0.1) is 0 Å². The summed E-state index contributed by atoms with van der Waals surface area (Å²) in [7, 11) is 0. The summed E-state index contributed by atoms with van der Waals surface area (Å²) in [5.74, 6) is 0.137. The van der Waals surface area contributed by atoms with Crippen molar-refractivity contribution >= 4 is 5.91 Å². The van der Waals surface area contributed by atoms with Crippen LogP contribution >= 0.6 is 0 Å². The van der Waals surface area contributed by atoms with E-state index < -0.39 is 31.1 Å². The molecule has 18 heavy (non-hydrogen) atoms. The molecule has 0 aromatic heterocycles. The zero-order valence-corrected chi connectivity index (χ0v) is 9.48. The van der Waals surface area contributed by atoms with E-state index in [0.717, 1.165) is 5.56 Å². The molecule has 2 rings (SSSR count). The summed E-state index contributed by atoms with van der Waals surface area (Å²) >= 11 is 0. The molecule has 0 radical (unpaired) electrons. The lowest BCUT2D eigenvalue weighted by atomic mass is 10.1. The number of fused-ring (bicyclic) bond motifs is 1. The first-order valence-corrected chi connectivity index (χ1v) is 5.56. The van der Waals surface area contributed by atoms with E-state index in [2.05, 4.69) is 5.32 Å². The van der Waals surface area contributed by atoms with Gasteiger partial charge in [-0.2, -0.15) is 0 Å². The zero-order valence-electron chi connectivity index (χ0n) is 9.48. The van der Waals surface area contributed by atoms with Gasteiger partial charge in [-0.25, -0.2) is 8.78 Å². The Morgan fingerprint density at radius 2 is 2.22 bits per heavy atom. The molecule has 1 aliphatic heterocycles. The lowest BCUT2D eigenvalue weighted by Gasteiger charge is -2.14. The quantitative estimate of drug-likeness (QED) is 0.836. The molecular weight excluding hydrogens is 244 g/mol. The third kappa shape index (κ3) is 2.76. The Kier molecular flexibility index (Phi) is 3.76. The third-order valence-electron chi connectivity index (χ3n) is 2.72. The van der Waals surface area contributed by atoms with Crippen LogP contribution in [0.2, 0.25) is 0 Å². The minimum absolute atomic E-state index is 0.410. The smallest absolute Gasteiger partial charge is 0.265 e. The summed E-state index contributed by atoms with van der Waals surface area (Å²) in [6.45, 7) is -0.479. The van der Waals surface area contributed by atoms with Crippen LogP contribution in [0.3, 0.4) is 0 Å². The summed E-state index contributed by atoms with van der Waals surface area (Å²) in [6.07, 6.45) is -5.02. The fraction of sp³-hybridized carbons (Fsp3) is 0.417. The first-order chi connectivity index (χ1) is 8.58. The largest absolute Gasteiger partial charge is 0.480 e. The average Bonchev–Trinajstić information content (AvgIpc) is 2.79. The number of para-hydroxylation sites is 1. The van der Waals surface area contributed by atoms with Crippen LogP contribution in [0.25, 0.3) is 0 Å². The summed E-state index contributed by atoms with van der Waals surface area (Å²) < 4.78 is 29.5. The number of rotatable bonds is 4. The number of hydrogen-bond donors (Lipinski definition) is 2. The SMILES string of the molecule is O=C(NCC(O)C(F)F)C1Cc2ccccc2O1. The highest BCUT2D eigenvalue weighted by atomic mass is 19.3. The maximum absolute atomic E-state index is 12.0. The van der Waals surface area contributed by atoms with Gasteiger partial charge in [0.2, 0.25) is 0 Å². The Balaban J connectivity index is 1.86. The van der Waals surface area contributed by atoms with Crippen LogP contribution in [0.5, 0.6) is 5.75 Å². The average molecular weight is 257 g/mol. The molecule has 6 heteroatoms. The number of benzene rings is 1. The number of carbonyl (C=O) groups is 1. The van der Waals surface area contributed by atoms with Crippen molar-refractivity contribution in [3.05, 3.63) is 29.8 Å². The first-order valence-electron chi connectivity index (χ1n) is 5.56. The molecule has 2 atom stereocenters. The highest BCUT2D eigenvalue weighted by molar-refractivity contribution is 5.82. The Morgan fingerprint density at radius 3 is 2.89 bits per heavy atom. The lowest BCUT2D eigenvalue weighted by molar-refractivity contribution is -0.128. The number of aliphatic hydroxyl groups excluding tert-OH is 1. The molecule has 0 saturated carbocycles. The van der Waals surface area contributed by atoms with Crippen LogP contribution < -0.4 is 10.1 Å². The highest BCUT2D eigenvalue weighted by Gasteiger charge is 2.29. The van der Waals surface area contributed by atoms with Crippen LogP contribution in [-0.2, 0) is 11.2 Å². The molecule has 1 amide bonds. The molecule has 4 nitrogen and oxygen atoms in total. The van der Waals surface area contributed by atoms with Crippen LogP contribution in [0.1, 0.15) is 5.56 Å². The maximum atomic E-state index is 12.0. The molecule has 1 heterocycles. The second kappa shape index (κ2) is 5.30.